The molecule has 1 saturated carbocycles. The van der Waals surface area contributed by atoms with E-state index >= 15 is 0 Å². The van der Waals surface area contributed by atoms with Crippen molar-refractivity contribution < 1.29 is 19.4 Å². The van der Waals surface area contributed by atoms with E-state index in [1.807, 2.05) is 24.3 Å². The van der Waals surface area contributed by atoms with Crippen molar-refractivity contribution in [2.24, 2.45) is 5.92 Å². The van der Waals surface area contributed by atoms with Gasteiger partial charge in [-0.05, 0) is 37.0 Å². The molecule has 6 heteroatoms. The van der Waals surface area contributed by atoms with Crippen LogP contribution in [-0.2, 0) is 16.0 Å². The predicted octanol–water partition coefficient (Wildman–Crippen LogP) is 0.972. The van der Waals surface area contributed by atoms with Crippen molar-refractivity contribution in [2.45, 2.75) is 38.3 Å². The SMILES string of the molecule is COc1cccc(CCNC(=O)[C@@H]2CC[C@@H](N(C)C(C)=O)[C@H]2O)c1. The van der Waals surface area contributed by atoms with Gasteiger partial charge in [-0.2, -0.15) is 0 Å². The van der Waals surface area contributed by atoms with Crippen molar-refractivity contribution in [3.8, 4) is 5.75 Å². The van der Waals surface area contributed by atoms with Gasteiger partial charge in [0, 0.05) is 20.5 Å². The maximum atomic E-state index is 12.3. The van der Waals surface area contributed by atoms with Crippen LogP contribution in [0.5, 0.6) is 5.75 Å². The first-order valence-corrected chi connectivity index (χ1v) is 8.26. The number of carbonyl (C=O) groups excluding carboxylic acids is 2. The molecule has 0 aliphatic heterocycles. The lowest BCUT2D eigenvalue weighted by molar-refractivity contribution is -0.134. The zero-order valence-electron chi connectivity index (χ0n) is 14.5. The molecule has 2 rings (SSSR count). The quantitative estimate of drug-likeness (QED) is 0.813. The summed E-state index contributed by atoms with van der Waals surface area (Å²) in [7, 11) is 3.29. The van der Waals surface area contributed by atoms with Gasteiger partial charge in [-0.1, -0.05) is 12.1 Å². The molecular weight excluding hydrogens is 308 g/mol. The van der Waals surface area contributed by atoms with Gasteiger partial charge in [0.15, 0.2) is 0 Å². The van der Waals surface area contributed by atoms with Crippen molar-refractivity contribution in [2.75, 3.05) is 20.7 Å². The van der Waals surface area contributed by atoms with Crippen LogP contribution >= 0.6 is 0 Å². The third-order valence-electron chi connectivity index (χ3n) is 4.76. The van der Waals surface area contributed by atoms with Crippen molar-refractivity contribution in [3.63, 3.8) is 0 Å². The largest absolute Gasteiger partial charge is 0.497 e. The highest BCUT2D eigenvalue weighted by Gasteiger charge is 2.41. The maximum absolute atomic E-state index is 12.3. The highest BCUT2D eigenvalue weighted by molar-refractivity contribution is 5.80. The molecular formula is C18H26N2O4. The predicted molar refractivity (Wildman–Crippen MR) is 90.7 cm³/mol. The molecule has 1 aromatic carbocycles. The first kappa shape index (κ1) is 18.3. The molecule has 1 fully saturated rings. The minimum atomic E-state index is -0.810. The van der Waals surface area contributed by atoms with Crippen LogP contribution in [0.1, 0.15) is 25.3 Å². The van der Waals surface area contributed by atoms with Crippen molar-refractivity contribution in [3.05, 3.63) is 29.8 Å². The van der Waals surface area contributed by atoms with Gasteiger partial charge >= 0.3 is 0 Å². The van der Waals surface area contributed by atoms with E-state index in [-0.39, 0.29) is 17.9 Å². The molecule has 1 aromatic rings. The highest BCUT2D eigenvalue weighted by Crippen LogP contribution is 2.29. The van der Waals surface area contributed by atoms with E-state index in [0.29, 0.717) is 25.8 Å². The van der Waals surface area contributed by atoms with E-state index in [1.165, 1.54) is 11.8 Å². The number of likely N-dealkylation sites (N-methyl/N-ethyl adjacent to an activating group) is 1. The molecule has 2 amide bonds. The Hall–Kier alpha value is -2.08. The van der Waals surface area contributed by atoms with Gasteiger partial charge in [-0.25, -0.2) is 0 Å². The lowest BCUT2D eigenvalue weighted by Crippen LogP contribution is -2.45. The second-order valence-corrected chi connectivity index (χ2v) is 6.26. The number of rotatable bonds is 6. The Kier molecular flexibility index (Phi) is 6.20. The van der Waals surface area contributed by atoms with Crippen molar-refractivity contribution >= 4 is 11.8 Å². The minimum absolute atomic E-state index is 0.0990. The molecule has 0 bridgehead atoms. The summed E-state index contributed by atoms with van der Waals surface area (Å²) < 4.78 is 5.18. The number of ether oxygens (including phenoxy) is 1. The Labute approximate surface area is 142 Å². The second kappa shape index (κ2) is 8.15. The average molecular weight is 334 g/mol. The van der Waals surface area contributed by atoms with Crippen LogP contribution in [0.25, 0.3) is 0 Å². The molecule has 0 aromatic heterocycles. The molecule has 132 valence electrons. The van der Waals surface area contributed by atoms with Gasteiger partial charge in [0.1, 0.15) is 5.75 Å². The lowest BCUT2D eigenvalue weighted by Gasteiger charge is -2.27. The van der Waals surface area contributed by atoms with Crippen LogP contribution in [0, 0.1) is 5.92 Å². The minimum Gasteiger partial charge on any atom is -0.497 e. The number of amides is 2. The standard InChI is InChI=1S/C18H26N2O4/c1-12(21)20(2)16-8-7-15(17(16)22)18(23)19-10-9-13-5-4-6-14(11-13)24-3/h4-6,11,15-17,22H,7-10H2,1-3H3,(H,19,23)/t15-,16-,17+/m1/s1. The number of aliphatic hydroxyl groups excluding tert-OH is 1. The van der Waals surface area contributed by atoms with Crippen LogP contribution in [0.4, 0.5) is 0 Å². The molecule has 1 aliphatic carbocycles. The van der Waals surface area contributed by atoms with Crippen LogP contribution in [0.2, 0.25) is 0 Å². The van der Waals surface area contributed by atoms with Crippen molar-refractivity contribution in [1.82, 2.24) is 10.2 Å². The summed E-state index contributed by atoms with van der Waals surface area (Å²) in [5.74, 6) is 0.0882. The average Bonchev–Trinajstić information content (AvgIpc) is 2.95. The highest BCUT2D eigenvalue weighted by atomic mass is 16.5. The monoisotopic (exact) mass is 334 g/mol. The van der Waals surface area contributed by atoms with Gasteiger partial charge in [0.2, 0.25) is 11.8 Å². The molecule has 0 saturated heterocycles. The smallest absolute Gasteiger partial charge is 0.225 e. The van der Waals surface area contributed by atoms with Gasteiger partial charge < -0.3 is 20.1 Å². The molecule has 24 heavy (non-hydrogen) atoms. The molecule has 2 N–H and O–H groups in total. The molecule has 0 heterocycles. The van der Waals surface area contributed by atoms with E-state index in [9.17, 15) is 14.7 Å². The molecule has 0 spiro atoms. The number of aliphatic hydroxyl groups is 1. The Morgan fingerprint density at radius 3 is 2.79 bits per heavy atom. The maximum Gasteiger partial charge on any atom is 0.225 e. The fourth-order valence-electron chi connectivity index (χ4n) is 3.19. The van der Waals surface area contributed by atoms with E-state index in [4.69, 9.17) is 4.74 Å². The number of hydrogen-bond donors (Lipinski definition) is 2. The Morgan fingerprint density at radius 1 is 1.38 bits per heavy atom. The molecule has 3 atom stereocenters. The van der Waals surface area contributed by atoms with E-state index in [0.717, 1.165) is 11.3 Å². The summed E-state index contributed by atoms with van der Waals surface area (Å²) in [5, 5.41) is 13.2. The van der Waals surface area contributed by atoms with Crippen LogP contribution < -0.4 is 10.1 Å². The van der Waals surface area contributed by atoms with E-state index in [2.05, 4.69) is 5.32 Å². The normalized spacial score (nSPS) is 22.9. The van der Waals surface area contributed by atoms with E-state index in [1.54, 1.807) is 14.2 Å². The summed E-state index contributed by atoms with van der Waals surface area (Å²) in [4.78, 5) is 25.3. The first-order chi connectivity index (χ1) is 11.4. The molecule has 6 nitrogen and oxygen atoms in total. The lowest BCUT2D eigenvalue weighted by atomic mass is 10.0. The molecule has 0 unspecified atom stereocenters. The Bertz CT molecular complexity index is 590. The fraction of sp³-hybridized carbons (Fsp3) is 0.556. The van der Waals surface area contributed by atoms with Crippen LogP contribution in [0.3, 0.4) is 0 Å². The van der Waals surface area contributed by atoms with Gasteiger partial charge in [-0.15, -0.1) is 0 Å². The zero-order chi connectivity index (χ0) is 17.7. The number of nitrogens with zero attached hydrogens (tertiary/aromatic N) is 1. The molecule has 1 aliphatic rings. The Balaban J connectivity index is 1.83. The summed E-state index contributed by atoms with van der Waals surface area (Å²) in [6.45, 7) is 1.97. The summed E-state index contributed by atoms with van der Waals surface area (Å²) in [6.07, 6.45) is 1.12. The number of hydrogen-bond acceptors (Lipinski definition) is 4. The van der Waals surface area contributed by atoms with Crippen LogP contribution in [-0.4, -0.2) is 54.7 Å². The second-order valence-electron chi connectivity index (χ2n) is 6.26. The third-order valence-corrected chi connectivity index (χ3v) is 4.76. The summed E-state index contributed by atoms with van der Waals surface area (Å²) in [6, 6.07) is 7.43. The van der Waals surface area contributed by atoms with Gasteiger partial charge in [0.05, 0.1) is 25.2 Å². The van der Waals surface area contributed by atoms with E-state index < -0.39 is 12.0 Å². The number of carbonyl (C=O) groups is 2. The van der Waals surface area contributed by atoms with Crippen LogP contribution in [0.15, 0.2) is 24.3 Å². The van der Waals surface area contributed by atoms with Crippen molar-refractivity contribution in [1.29, 1.82) is 0 Å². The number of nitrogens with one attached hydrogen (secondary N) is 1. The number of methoxy groups -OCH3 is 1. The molecule has 0 radical (unpaired) electrons. The van der Waals surface area contributed by atoms with Gasteiger partial charge in [-0.3, -0.25) is 9.59 Å². The zero-order valence-corrected chi connectivity index (χ0v) is 14.5. The number of benzene rings is 1. The first-order valence-electron chi connectivity index (χ1n) is 8.26. The third kappa shape index (κ3) is 4.26. The topological polar surface area (TPSA) is 78.9 Å². The Morgan fingerprint density at radius 2 is 2.12 bits per heavy atom. The summed E-state index contributed by atoms with van der Waals surface area (Å²) in [5.41, 5.74) is 1.08. The summed E-state index contributed by atoms with van der Waals surface area (Å²) >= 11 is 0. The van der Waals surface area contributed by atoms with Gasteiger partial charge in [0.25, 0.3) is 0 Å². The fourth-order valence-corrected chi connectivity index (χ4v) is 3.19.